The highest BCUT2D eigenvalue weighted by molar-refractivity contribution is 5.86. The van der Waals surface area contributed by atoms with E-state index in [9.17, 15) is 0 Å². The first-order valence-corrected chi connectivity index (χ1v) is 11.1. The van der Waals surface area contributed by atoms with Crippen LogP contribution in [0.2, 0.25) is 0 Å². The summed E-state index contributed by atoms with van der Waals surface area (Å²) in [5.74, 6) is 0.771. The fraction of sp³-hybridized carbons (Fsp3) is 0.400. The molecule has 0 spiro atoms. The van der Waals surface area contributed by atoms with Crippen LogP contribution < -0.4 is 5.73 Å². The molecule has 3 aromatic heterocycles. The van der Waals surface area contributed by atoms with E-state index in [-0.39, 0.29) is 48.7 Å². The van der Waals surface area contributed by atoms with Crippen molar-refractivity contribution >= 4 is 53.8 Å². The maximum atomic E-state index is 6.13. The second kappa shape index (κ2) is 10.8. The van der Waals surface area contributed by atoms with Crippen molar-refractivity contribution in [2.45, 2.75) is 51.6 Å². The van der Waals surface area contributed by atoms with Crippen molar-refractivity contribution in [2.24, 2.45) is 5.73 Å². The van der Waals surface area contributed by atoms with Crippen molar-refractivity contribution in [3.8, 4) is 11.5 Å². The molecule has 0 aliphatic carbocycles. The predicted octanol–water partition coefficient (Wildman–Crippen LogP) is 5.60. The van der Waals surface area contributed by atoms with Gasteiger partial charge in [0.25, 0.3) is 0 Å². The third-order valence-electron chi connectivity index (χ3n) is 6.47. The first kappa shape index (κ1) is 28.3. The van der Waals surface area contributed by atoms with Gasteiger partial charge in [-0.05, 0) is 42.0 Å². The van der Waals surface area contributed by atoms with Gasteiger partial charge in [0.1, 0.15) is 5.69 Å². The third kappa shape index (κ3) is 5.16. The number of fused-ring (bicyclic) bond motifs is 2. The van der Waals surface area contributed by atoms with Gasteiger partial charge < -0.3 is 5.73 Å². The highest BCUT2D eigenvalue weighted by Crippen LogP contribution is 2.31. The molecule has 0 saturated carbocycles. The number of pyridine rings is 2. The number of hydrogen-bond donors (Lipinski definition) is 1. The van der Waals surface area contributed by atoms with Crippen LogP contribution in [0, 0.1) is 0 Å². The fourth-order valence-corrected chi connectivity index (χ4v) is 4.58. The lowest BCUT2D eigenvalue weighted by atomic mass is 9.85. The van der Waals surface area contributed by atoms with Crippen LogP contribution in [0.3, 0.4) is 0 Å². The number of rotatable bonds is 3. The van der Waals surface area contributed by atoms with Crippen molar-refractivity contribution in [3.63, 3.8) is 0 Å². The Kier molecular flexibility index (Phi) is 8.94. The molecule has 4 heterocycles. The predicted molar refractivity (Wildman–Crippen MR) is 147 cm³/mol. The summed E-state index contributed by atoms with van der Waals surface area (Å²) in [5, 5.41) is 10.0. The maximum Gasteiger partial charge on any atom is 0.187 e. The minimum absolute atomic E-state index is 0. The molecule has 184 valence electrons. The van der Waals surface area contributed by atoms with Gasteiger partial charge in [0.05, 0.1) is 5.52 Å². The number of nitrogens with two attached hydrogens (primary N) is 1. The van der Waals surface area contributed by atoms with Crippen molar-refractivity contribution < 1.29 is 0 Å². The molecule has 5 rings (SSSR count). The van der Waals surface area contributed by atoms with Crippen molar-refractivity contribution in [2.75, 3.05) is 13.1 Å². The van der Waals surface area contributed by atoms with Gasteiger partial charge in [0, 0.05) is 36.8 Å². The molecule has 0 bridgehead atoms. The Morgan fingerprint density at radius 3 is 2.44 bits per heavy atom. The van der Waals surface area contributed by atoms with E-state index in [0.717, 1.165) is 47.6 Å². The van der Waals surface area contributed by atoms with Crippen molar-refractivity contribution in [1.82, 2.24) is 24.5 Å². The van der Waals surface area contributed by atoms with E-state index in [2.05, 4.69) is 83.7 Å². The standard InChI is InChI=1S/C25H30N6.3ClH/c1-16(30-13-12-19(26)15-30)18-9-11-22-28-29-24(31(22)14-18)21-10-8-17-6-5-7-20(23(17)27-21)25(2,3)4;;;/h5-11,14,16,19H,12-13,15,26H2,1-4H3;3*1H/t16-,19?;;;/m1.../s1. The van der Waals surface area contributed by atoms with E-state index < -0.39 is 0 Å². The van der Waals surface area contributed by atoms with Crippen LogP contribution in [-0.2, 0) is 5.41 Å². The number of benzene rings is 1. The molecule has 6 nitrogen and oxygen atoms in total. The van der Waals surface area contributed by atoms with Gasteiger partial charge in [-0.3, -0.25) is 9.30 Å². The summed E-state index contributed by atoms with van der Waals surface area (Å²) < 4.78 is 2.07. The second-order valence-electron chi connectivity index (χ2n) is 9.76. The molecule has 1 saturated heterocycles. The summed E-state index contributed by atoms with van der Waals surface area (Å²) in [6.45, 7) is 10.9. The molecule has 2 atom stereocenters. The first-order valence-electron chi connectivity index (χ1n) is 11.1. The summed E-state index contributed by atoms with van der Waals surface area (Å²) in [7, 11) is 0. The number of likely N-dealkylation sites (tertiary alicyclic amines) is 1. The van der Waals surface area contributed by atoms with Gasteiger partial charge in [0.15, 0.2) is 11.5 Å². The minimum Gasteiger partial charge on any atom is -0.326 e. The van der Waals surface area contributed by atoms with Crippen molar-refractivity contribution in [1.29, 1.82) is 0 Å². The third-order valence-corrected chi connectivity index (χ3v) is 6.47. The quantitative estimate of drug-likeness (QED) is 0.378. The first-order chi connectivity index (χ1) is 14.8. The van der Waals surface area contributed by atoms with Gasteiger partial charge in [-0.1, -0.05) is 51.1 Å². The largest absolute Gasteiger partial charge is 0.326 e. The second-order valence-corrected chi connectivity index (χ2v) is 9.76. The van der Waals surface area contributed by atoms with Gasteiger partial charge in [-0.2, -0.15) is 0 Å². The van der Waals surface area contributed by atoms with Crippen LogP contribution in [0.4, 0.5) is 0 Å². The number of halogens is 3. The smallest absolute Gasteiger partial charge is 0.187 e. The van der Waals surface area contributed by atoms with Gasteiger partial charge in [-0.25, -0.2) is 4.98 Å². The molecule has 0 radical (unpaired) electrons. The SMILES string of the molecule is C[C@H](c1ccc2nnc(-c3ccc4cccc(C(C)(C)C)c4n3)n2c1)N1CCC(N)C1.Cl.Cl.Cl. The number of para-hydroxylation sites is 1. The van der Waals surface area contributed by atoms with E-state index in [0.29, 0.717) is 6.04 Å². The van der Waals surface area contributed by atoms with E-state index in [1.54, 1.807) is 0 Å². The molecule has 0 amide bonds. The Morgan fingerprint density at radius 1 is 1.00 bits per heavy atom. The summed E-state index contributed by atoms with van der Waals surface area (Å²) in [6, 6.07) is 15.3. The zero-order valence-electron chi connectivity index (χ0n) is 19.9. The Morgan fingerprint density at radius 2 is 1.76 bits per heavy atom. The van der Waals surface area contributed by atoms with E-state index in [1.807, 2.05) is 12.1 Å². The highest BCUT2D eigenvalue weighted by Gasteiger charge is 2.25. The van der Waals surface area contributed by atoms with Crippen molar-refractivity contribution in [3.05, 3.63) is 59.8 Å². The average molecular weight is 524 g/mol. The number of hydrogen-bond acceptors (Lipinski definition) is 5. The molecule has 1 unspecified atom stereocenters. The molecule has 1 aliphatic rings. The Labute approximate surface area is 219 Å². The molecule has 4 aromatic rings. The summed E-state index contributed by atoms with van der Waals surface area (Å²) >= 11 is 0. The molecule has 1 aliphatic heterocycles. The maximum absolute atomic E-state index is 6.13. The van der Waals surface area contributed by atoms with Gasteiger partial charge >= 0.3 is 0 Å². The topological polar surface area (TPSA) is 72.3 Å². The zero-order valence-corrected chi connectivity index (χ0v) is 22.4. The molecular formula is C25H33Cl3N6. The average Bonchev–Trinajstić information content (AvgIpc) is 3.37. The summed E-state index contributed by atoms with van der Waals surface area (Å²) in [4.78, 5) is 7.49. The Hall–Kier alpha value is -1.96. The van der Waals surface area contributed by atoms with Gasteiger partial charge in [0.2, 0.25) is 0 Å². The van der Waals surface area contributed by atoms with Gasteiger partial charge in [-0.15, -0.1) is 47.4 Å². The minimum atomic E-state index is 0. The lowest BCUT2D eigenvalue weighted by Gasteiger charge is -2.24. The van der Waals surface area contributed by atoms with E-state index >= 15 is 0 Å². The molecule has 1 fully saturated rings. The van der Waals surface area contributed by atoms with Crippen LogP contribution in [0.5, 0.6) is 0 Å². The monoisotopic (exact) mass is 522 g/mol. The Bertz CT molecular complexity index is 1270. The molecule has 9 heteroatoms. The Balaban J connectivity index is 0.00000136. The molecular weight excluding hydrogens is 491 g/mol. The fourth-order valence-electron chi connectivity index (χ4n) is 4.58. The summed E-state index contributed by atoms with van der Waals surface area (Å²) in [5.41, 5.74) is 11.3. The highest BCUT2D eigenvalue weighted by atomic mass is 35.5. The molecule has 34 heavy (non-hydrogen) atoms. The molecule has 2 N–H and O–H groups in total. The van der Waals surface area contributed by atoms with Crippen LogP contribution in [0.25, 0.3) is 28.1 Å². The number of aromatic nitrogens is 4. The van der Waals surface area contributed by atoms with Crippen LogP contribution in [0.15, 0.2) is 48.7 Å². The lowest BCUT2D eigenvalue weighted by molar-refractivity contribution is 0.259. The zero-order chi connectivity index (χ0) is 21.8. The van der Waals surface area contributed by atoms with E-state index in [4.69, 9.17) is 10.7 Å². The summed E-state index contributed by atoms with van der Waals surface area (Å²) in [6.07, 6.45) is 3.21. The van der Waals surface area contributed by atoms with Crippen LogP contribution in [-0.4, -0.2) is 43.6 Å². The normalized spacial score (nSPS) is 17.1. The molecule has 1 aromatic carbocycles. The van der Waals surface area contributed by atoms with Crippen LogP contribution in [0.1, 0.15) is 51.3 Å². The number of nitrogens with zero attached hydrogens (tertiary/aromatic N) is 5. The van der Waals surface area contributed by atoms with E-state index in [1.165, 1.54) is 11.1 Å². The van der Waals surface area contributed by atoms with Crippen LogP contribution >= 0.6 is 37.2 Å². The lowest BCUT2D eigenvalue weighted by Crippen LogP contribution is -2.28.